The van der Waals surface area contributed by atoms with Gasteiger partial charge in [0.1, 0.15) is 0 Å². The zero-order chi connectivity index (χ0) is 13.7. The molecular weight excluding hydrogens is 242 g/mol. The summed E-state index contributed by atoms with van der Waals surface area (Å²) >= 11 is 0. The minimum atomic E-state index is -0.814. The van der Waals surface area contributed by atoms with Gasteiger partial charge in [-0.3, -0.25) is 4.90 Å². The topological polar surface area (TPSA) is 69.8 Å². The highest BCUT2D eigenvalue weighted by Crippen LogP contribution is 2.10. The maximum atomic E-state index is 10.8. The van der Waals surface area contributed by atoms with Gasteiger partial charge >= 0.3 is 6.09 Å². The molecule has 1 aliphatic heterocycles. The molecule has 1 aromatic carbocycles. The molecule has 0 saturated carbocycles. The van der Waals surface area contributed by atoms with Crippen LogP contribution in [0.1, 0.15) is 11.1 Å². The number of amides is 1. The Bertz CT molecular complexity index is 411. The normalized spacial score (nSPS) is 16.6. The first kappa shape index (κ1) is 13.8. The fourth-order valence-corrected chi connectivity index (χ4v) is 2.33. The zero-order valence-corrected chi connectivity index (χ0v) is 11.1. The van der Waals surface area contributed by atoms with E-state index in [0.717, 1.165) is 26.1 Å². The lowest BCUT2D eigenvalue weighted by Crippen LogP contribution is -2.47. The van der Waals surface area contributed by atoms with Crippen LogP contribution >= 0.6 is 0 Å². The Morgan fingerprint density at radius 1 is 1.11 bits per heavy atom. The second-order valence-corrected chi connectivity index (χ2v) is 4.90. The van der Waals surface area contributed by atoms with Crippen molar-refractivity contribution in [1.29, 1.82) is 0 Å². The van der Waals surface area contributed by atoms with Crippen LogP contribution in [0.5, 0.6) is 0 Å². The third kappa shape index (κ3) is 3.94. The van der Waals surface area contributed by atoms with Crippen LogP contribution in [0, 0.1) is 0 Å². The number of nitrogens with zero attached hydrogens (tertiary/aromatic N) is 2. The van der Waals surface area contributed by atoms with Crippen LogP contribution < -0.4 is 5.73 Å². The molecule has 0 atom stereocenters. The number of rotatable bonds is 4. The summed E-state index contributed by atoms with van der Waals surface area (Å²) in [6, 6.07) is 8.51. The van der Waals surface area contributed by atoms with Gasteiger partial charge in [-0.2, -0.15) is 0 Å². The van der Waals surface area contributed by atoms with Gasteiger partial charge in [0, 0.05) is 32.7 Å². The van der Waals surface area contributed by atoms with Crippen LogP contribution in [0.25, 0.3) is 0 Å². The molecule has 1 fully saturated rings. The molecule has 5 nitrogen and oxygen atoms in total. The van der Waals surface area contributed by atoms with Crippen molar-refractivity contribution in [3.8, 4) is 0 Å². The molecule has 2 rings (SSSR count). The summed E-state index contributed by atoms with van der Waals surface area (Å²) < 4.78 is 0. The average Bonchev–Trinajstić information content (AvgIpc) is 2.42. The molecule has 0 aromatic heterocycles. The highest BCUT2D eigenvalue weighted by atomic mass is 16.4. The van der Waals surface area contributed by atoms with Crippen molar-refractivity contribution < 1.29 is 9.90 Å². The van der Waals surface area contributed by atoms with Gasteiger partial charge in [-0.15, -0.1) is 0 Å². The van der Waals surface area contributed by atoms with Crippen molar-refractivity contribution >= 4 is 6.09 Å². The highest BCUT2D eigenvalue weighted by molar-refractivity contribution is 5.65. The van der Waals surface area contributed by atoms with Gasteiger partial charge in [0.05, 0.1) is 0 Å². The van der Waals surface area contributed by atoms with Crippen molar-refractivity contribution in [1.82, 2.24) is 9.80 Å². The monoisotopic (exact) mass is 263 g/mol. The lowest BCUT2D eigenvalue weighted by molar-refractivity contribution is 0.103. The molecule has 1 saturated heterocycles. The van der Waals surface area contributed by atoms with Crippen LogP contribution in [0.3, 0.4) is 0 Å². The van der Waals surface area contributed by atoms with E-state index in [1.807, 2.05) is 0 Å². The molecular formula is C14H21N3O2. The van der Waals surface area contributed by atoms with E-state index in [4.69, 9.17) is 10.8 Å². The summed E-state index contributed by atoms with van der Waals surface area (Å²) in [7, 11) is 0. The van der Waals surface area contributed by atoms with E-state index in [-0.39, 0.29) is 0 Å². The lowest BCUT2D eigenvalue weighted by atomic mass is 10.1. The molecule has 0 bridgehead atoms. The second-order valence-electron chi connectivity index (χ2n) is 4.90. The Balaban J connectivity index is 1.83. The number of carbonyl (C=O) groups is 1. The van der Waals surface area contributed by atoms with Crippen molar-refractivity contribution in [2.45, 2.75) is 13.0 Å². The van der Waals surface area contributed by atoms with Gasteiger partial charge in [-0.25, -0.2) is 4.79 Å². The summed E-state index contributed by atoms with van der Waals surface area (Å²) in [4.78, 5) is 14.6. The molecule has 3 N–H and O–H groups in total. The third-order valence-corrected chi connectivity index (χ3v) is 3.50. The molecule has 0 radical (unpaired) electrons. The summed E-state index contributed by atoms with van der Waals surface area (Å²) in [5, 5.41) is 8.89. The highest BCUT2D eigenvalue weighted by Gasteiger charge is 2.19. The van der Waals surface area contributed by atoms with E-state index in [1.54, 1.807) is 0 Å². The smallest absolute Gasteiger partial charge is 0.407 e. The minimum Gasteiger partial charge on any atom is -0.465 e. The van der Waals surface area contributed by atoms with Crippen molar-refractivity contribution in [3.63, 3.8) is 0 Å². The molecule has 1 aromatic rings. The SMILES string of the molecule is NCCc1ccc(CN2CCN(C(=O)O)CC2)cc1. The number of nitrogens with two attached hydrogens (primary N) is 1. The summed E-state index contributed by atoms with van der Waals surface area (Å²) in [5.74, 6) is 0. The number of carboxylic acid groups (broad SMARTS) is 1. The van der Waals surface area contributed by atoms with Crippen LogP contribution in [0.15, 0.2) is 24.3 Å². The Hall–Kier alpha value is -1.59. The van der Waals surface area contributed by atoms with Gasteiger partial charge in [-0.05, 0) is 24.1 Å². The second kappa shape index (κ2) is 6.54. The van der Waals surface area contributed by atoms with E-state index in [1.165, 1.54) is 16.0 Å². The predicted octanol–water partition coefficient (Wildman–Crippen LogP) is 0.983. The molecule has 1 amide bonds. The summed E-state index contributed by atoms with van der Waals surface area (Å²) in [5.41, 5.74) is 8.06. The van der Waals surface area contributed by atoms with E-state index in [2.05, 4.69) is 29.2 Å². The number of benzene rings is 1. The fraction of sp³-hybridized carbons (Fsp3) is 0.500. The van der Waals surface area contributed by atoms with Crippen molar-refractivity contribution in [2.75, 3.05) is 32.7 Å². The van der Waals surface area contributed by atoms with Gasteiger partial charge in [-0.1, -0.05) is 24.3 Å². The Morgan fingerprint density at radius 2 is 1.68 bits per heavy atom. The molecule has 0 unspecified atom stereocenters. The fourth-order valence-electron chi connectivity index (χ4n) is 2.33. The summed E-state index contributed by atoms with van der Waals surface area (Å²) in [6.45, 7) is 4.36. The molecule has 5 heteroatoms. The number of piperazine rings is 1. The third-order valence-electron chi connectivity index (χ3n) is 3.50. The largest absolute Gasteiger partial charge is 0.465 e. The predicted molar refractivity (Wildman–Crippen MR) is 74.1 cm³/mol. The van der Waals surface area contributed by atoms with Gasteiger partial charge in [0.2, 0.25) is 0 Å². The minimum absolute atomic E-state index is 0.598. The lowest BCUT2D eigenvalue weighted by Gasteiger charge is -2.33. The molecule has 1 aliphatic rings. The standard InChI is InChI=1S/C14H21N3O2/c15-6-5-12-1-3-13(4-2-12)11-16-7-9-17(10-8-16)14(18)19/h1-4H,5-11,15H2,(H,18,19). The quantitative estimate of drug-likeness (QED) is 0.849. The van der Waals surface area contributed by atoms with Crippen LogP contribution in [-0.2, 0) is 13.0 Å². The molecule has 19 heavy (non-hydrogen) atoms. The van der Waals surface area contributed by atoms with Crippen molar-refractivity contribution in [3.05, 3.63) is 35.4 Å². The van der Waals surface area contributed by atoms with Crippen LogP contribution in [0.4, 0.5) is 4.79 Å². The van der Waals surface area contributed by atoms with Crippen molar-refractivity contribution in [2.24, 2.45) is 5.73 Å². The van der Waals surface area contributed by atoms with E-state index >= 15 is 0 Å². The van der Waals surface area contributed by atoms with Gasteiger partial charge in [0.15, 0.2) is 0 Å². The van der Waals surface area contributed by atoms with Crippen LogP contribution in [0.2, 0.25) is 0 Å². The maximum absolute atomic E-state index is 10.8. The Labute approximate surface area is 113 Å². The molecule has 1 heterocycles. The first-order valence-electron chi connectivity index (χ1n) is 6.67. The molecule has 0 spiro atoms. The molecule has 0 aliphatic carbocycles. The van der Waals surface area contributed by atoms with E-state index in [0.29, 0.717) is 19.6 Å². The first-order chi connectivity index (χ1) is 9.19. The van der Waals surface area contributed by atoms with Crippen LogP contribution in [-0.4, -0.2) is 53.7 Å². The summed E-state index contributed by atoms with van der Waals surface area (Å²) in [6.07, 6.45) is 0.100. The van der Waals surface area contributed by atoms with E-state index < -0.39 is 6.09 Å². The number of hydrogen-bond acceptors (Lipinski definition) is 3. The zero-order valence-electron chi connectivity index (χ0n) is 11.1. The maximum Gasteiger partial charge on any atom is 0.407 e. The Kier molecular flexibility index (Phi) is 4.76. The Morgan fingerprint density at radius 3 is 2.21 bits per heavy atom. The van der Waals surface area contributed by atoms with Gasteiger partial charge in [0.25, 0.3) is 0 Å². The van der Waals surface area contributed by atoms with E-state index in [9.17, 15) is 4.79 Å². The number of hydrogen-bond donors (Lipinski definition) is 2. The first-order valence-corrected chi connectivity index (χ1v) is 6.67. The average molecular weight is 263 g/mol. The molecule has 104 valence electrons. The van der Waals surface area contributed by atoms with Gasteiger partial charge < -0.3 is 15.7 Å².